The van der Waals surface area contributed by atoms with E-state index in [0.717, 1.165) is 25.7 Å². The highest BCUT2D eigenvalue weighted by atomic mass is 17.2. The summed E-state index contributed by atoms with van der Waals surface area (Å²) in [7, 11) is 0. The van der Waals surface area contributed by atoms with Crippen LogP contribution in [0.25, 0.3) is 0 Å². The minimum atomic E-state index is -0.547. The topological polar surface area (TPSA) is 54.0 Å². The van der Waals surface area contributed by atoms with Crippen LogP contribution in [-0.2, 0) is 19.2 Å². The Morgan fingerprint density at radius 3 is 2.64 bits per heavy atom. The molecule has 3 saturated heterocycles. The van der Waals surface area contributed by atoms with Crippen molar-refractivity contribution >= 4 is 5.97 Å². The lowest BCUT2D eigenvalue weighted by Crippen LogP contribution is -2.69. The molecule has 1 aromatic carbocycles. The molecular weight excluding hydrogens is 356 g/mol. The van der Waals surface area contributed by atoms with Gasteiger partial charge in [-0.25, -0.2) is 14.6 Å². The second-order valence-electron chi connectivity index (χ2n) is 9.60. The molecule has 2 saturated carbocycles. The molecule has 152 valence electrons. The fourth-order valence-electron chi connectivity index (χ4n) is 6.30. The molecular formula is C23H30O5. The summed E-state index contributed by atoms with van der Waals surface area (Å²) in [5.74, 6) is 1.01. The van der Waals surface area contributed by atoms with Crippen molar-refractivity contribution in [1.82, 2.24) is 0 Å². The number of benzene rings is 1. The first-order chi connectivity index (χ1) is 13.4. The van der Waals surface area contributed by atoms with Gasteiger partial charge in [-0.1, -0.05) is 32.0 Å². The summed E-state index contributed by atoms with van der Waals surface area (Å²) in [6.07, 6.45) is 4.46. The van der Waals surface area contributed by atoms with Gasteiger partial charge in [-0.15, -0.1) is 0 Å². The summed E-state index contributed by atoms with van der Waals surface area (Å²) in [5, 5.41) is 0. The summed E-state index contributed by atoms with van der Waals surface area (Å²) in [5.41, 5.74) is -0.183. The highest BCUT2D eigenvalue weighted by Gasteiger charge is 2.68. The number of esters is 1. The normalized spacial score (nSPS) is 47.1. The number of carbonyl (C=O) groups is 1. The quantitative estimate of drug-likeness (QED) is 0.553. The van der Waals surface area contributed by atoms with Gasteiger partial charge in [0.15, 0.2) is 0 Å². The SMILES string of the molecule is C[C@H]1[C@H](OC(=O)c2ccccc2)O[C@H]2C[C@]3(C)CC[C@H]4[C@H](C)CC[C@@H]1[C@@]24OO3. The van der Waals surface area contributed by atoms with Crippen LogP contribution in [-0.4, -0.2) is 29.6 Å². The van der Waals surface area contributed by atoms with Gasteiger partial charge in [0.25, 0.3) is 0 Å². The first-order valence-electron chi connectivity index (χ1n) is 10.7. The first kappa shape index (κ1) is 18.6. The van der Waals surface area contributed by atoms with Crippen LogP contribution in [0.4, 0.5) is 0 Å². The Hall–Kier alpha value is -1.43. The molecule has 5 aliphatic rings. The third kappa shape index (κ3) is 2.66. The van der Waals surface area contributed by atoms with Crippen molar-refractivity contribution in [3.05, 3.63) is 35.9 Å². The minimum absolute atomic E-state index is 0.0602. The zero-order chi connectivity index (χ0) is 19.5. The predicted molar refractivity (Wildman–Crippen MR) is 102 cm³/mol. The molecule has 5 fully saturated rings. The van der Waals surface area contributed by atoms with E-state index in [1.54, 1.807) is 12.1 Å². The van der Waals surface area contributed by atoms with Gasteiger partial charge in [-0.05, 0) is 56.6 Å². The molecule has 5 heteroatoms. The lowest BCUT2D eigenvalue weighted by atomic mass is 9.56. The van der Waals surface area contributed by atoms with Crippen LogP contribution < -0.4 is 0 Å². The van der Waals surface area contributed by atoms with Crippen LogP contribution in [0, 0.1) is 23.7 Å². The molecule has 8 atom stereocenters. The Morgan fingerprint density at radius 1 is 1.07 bits per heavy atom. The fraction of sp³-hybridized carbons (Fsp3) is 0.696. The number of hydrogen-bond acceptors (Lipinski definition) is 5. The van der Waals surface area contributed by atoms with E-state index < -0.39 is 11.9 Å². The molecule has 1 aromatic rings. The van der Waals surface area contributed by atoms with Crippen LogP contribution in [0.1, 0.15) is 63.2 Å². The second kappa shape index (κ2) is 6.54. The molecule has 0 radical (unpaired) electrons. The van der Waals surface area contributed by atoms with E-state index in [-0.39, 0.29) is 29.5 Å². The van der Waals surface area contributed by atoms with Gasteiger partial charge in [0.05, 0.1) is 11.7 Å². The van der Waals surface area contributed by atoms with Gasteiger partial charge in [0.2, 0.25) is 6.29 Å². The first-order valence-corrected chi connectivity index (χ1v) is 10.7. The van der Waals surface area contributed by atoms with Crippen molar-refractivity contribution in [2.24, 2.45) is 23.7 Å². The predicted octanol–water partition coefficient (Wildman–Crippen LogP) is 4.51. The minimum Gasteiger partial charge on any atom is -0.432 e. The standard InChI is InChI=1S/C23H30O5/c1-14-9-10-18-15(2)21(26-20(24)16-7-5-4-6-8-16)25-19-13-22(3)12-11-17(14)23(18,19)28-27-22/h4-8,14-15,17-19,21H,9-13H2,1-3H3/t14-,15-,17+,18+,19+,21+,22+,23-/m1/s1. The number of hydrogen-bond donors (Lipinski definition) is 0. The smallest absolute Gasteiger partial charge is 0.340 e. The molecule has 3 heterocycles. The molecule has 2 bridgehead atoms. The van der Waals surface area contributed by atoms with Gasteiger partial charge < -0.3 is 9.47 Å². The van der Waals surface area contributed by atoms with Crippen LogP contribution in [0.15, 0.2) is 30.3 Å². The molecule has 5 nitrogen and oxygen atoms in total. The van der Waals surface area contributed by atoms with Crippen LogP contribution in [0.5, 0.6) is 0 Å². The van der Waals surface area contributed by atoms with Crippen molar-refractivity contribution in [3.63, 3.8) is 0 Å². The van der Waals surface area contributed by atoms with E-state index in [0.29, 0.717) is 17.4 Å². The van der Waals surface area contributed by atoms with E-state index in [9.17, 15) is 4.79 Å². The lowest BCUT2D eigenvalue weighted by molar-refractivity contribution is -0.494. The van der Waals surface area contributed by atoms with Crippen molar-refractivity contribution < 1.29 is 24.0 Å². The maximum Gasteiger partial charge on any atom is 0.340 e. The molecule has 0 amide bonds. The monoisotopic (exact) mass is 386 g/mol. The van der Waals surface area contributed by atoms with E-state index in [1.807, 2.05) is 18.2 Å². The highest BCUT2D eigenvalue weighted by Crippen LogP contribution is 2.61. The van der Waals surface area contributed by atoms with Gasteiger partial charge in [-0.3, -0.25) is 0 Å². The van der Waals surface area contributed by atoms with E-state index in [2.05, 4.69) is 20.8 Å². The Bertz CT molecular complexity index is 751. The molecule has 28 heavy (non-hydrogen) atoms. The maximum atomic E-state index is 12.7. The third-order valence-electron chi connectivity index (χ3n) is 7.87. The van der Waals surface area contributed by atoms with Crippen LogP contribution in [0.3, 0.4) is 0 Å². The summed E-state index contributed by atoms with van der Waals surface area (Å²) in [6.45, 7) is 6.58. The number of fused-ring (bicyclic) bond motifs is 2. The van der Waals surface area contributed by atoms with E-state index >= 15 is 0 Å². The summed E-state index contributed by atoms with van der Waals surface area (Å²) < 4.78 is 12.4. The molecule has 3 aliphatic heterocycles. The van der Waals surface area contributed by atoms with Gasteiger partial charge >= 0.3 is 5.97 Å². The second-order valence-corrected chi connectivity index (χ2v) is 9.60. The molecule has 0 aromatic heterocycles. The van der Waals surface area contributed by atoms with Gasteiger partial charge in [0, 0.05) is 18.3 Å². The summed E-state index contributed by atoms with van der Waals surface area (Å²) >= 11 is 0. The maximum absolute atomic E-state index is 12.7. The number of ether oxygens (including phenoxy) is 2. The molecule has 0 unspecified atom stereocenters. The van der Waals surface area contributed by atoms with Crippen molar-refractivity contribution in [2.75, 3.05) is 0 Å². The summed E-state index contributed by atoms with van der Waals surface area (Å²) in [4.78, 5) is 24.9. The van der Waals surface area contributed by atoms with Gasteiger partial charge in [0.1, 0.15) is 11.2 Å². The molecule has 2 aliphatic carbocycles. The van der Waals surface area contributed by atoms with E-state index in [4.69, 9.17) is 19.2 Å². The average molecular weight is 386 g/mol. The third-order valence-corrected chi connectivity index (χ3v) is 7.87. The van der Waals surface area contributed by atoms with Crippen molar-refractivity contribution in [2.45, 2.75) is 76.5 Å². The summed E-state index contributed by atoms with van der Waals surface area (Å²) in [6, 6.07) is 9.15. The average Bonchev–Trinajstić information content (AvgIpc) is 2.92. The van der Waals surface area contributed by atoms with Crippen molar-refractivity contribution in [1.29, 1.82) is 0 Å². The van der Waals surface area contributed by atoms with Crippen molar-refractivity contribution in [3.8, 4) is 0 Å². The highest BCUT2D eigenvalue weighted by molar-refractivity contribution is 5.89. The Labute approximate surface area is 166 Å². The fourth-order valence-corrected chi connectivity index (χ4v) is 6.30. The number of rotatable bonds is 2. The zero-order valence-electron chi connectivity index (χ0n) is 16.9. The Kier molecular flexibility index (Phi) is 4.34. The molecule has 0 N–H and O–H groups in total. The Balaban J connectivity index is 1.46. The lowest BCUT2D eigenvalue weighted by Gasteiger charge is -2.60. The number of carbonyl (C=O) groups excluding carboxylic acids is 1. The largest absolute Gasteiger partial charge is 0.432 e. The van der Waals surface area contributed by atoms with Crippen LogP contribution in [0.2, 0.25) is 0 Å². The van der Waals surface area contributed by atoms with E-state index in [1.165, 1.54) is 6.42 Å². The zero-order valence-corrected chi connectivity index (χ0v) is 16.9. The van der Waals surface area contributed by atoms with Crippen LogP contribution >= 0.6 is 0 Å². The Morgan fingerprint density at radius 2 is 1.86 bits per heavy atom. The van der Waals surface area contributed by atoms with Gasteiger partial charge in [-0.2, -0.15) is 0 Å². The molecule has 6 rings (SSSR count). The molecule has 1 spiro atoms.